The van der Waals surface area contributed by atoms with Gasteiger partial charge in [-0.2, -0.15) is 0 Å². The second-order valence-corrected chi connectivity index (χ2v) is 9.03. The summed E-state index contributed by atoms with van der Waals surface area (Å²) in [7, 11) is 0. The summed E-state index contributed by atoms with van der Waals surface area (Å²) in [6.45, 7) is 2.16. The monoisotopic (exact) mass is 474 g/mol. The Hall–Kier alpha value is -3.79. The summed E-state index contributed by atoms with van der Waals surface area (Å²) >= 11 is 0. The van der Waals surface area contributed by atoms with E-state index in [1.807, 2.05) is 24.3 Å². The maximum atomic E-state index is 12.7. The number of hydrogen-bond acceptors (Lipinski definition) is 4. The van der Waals surface area contributed by atoms with Crippen molar-refractivity contribution in [3.05, 3.63) is 59.7 Å². The van der Waals surface area contributed by atoms with Crippen molar-refractivity contribution >= 4 is 18.0 Å². The number of nitrogens with one attached hydrogen (secondary N) is 2. The lowest BCUT2D eigenvalue weighted by atomic mass is 9.94. The third-order valence-corrected chi connectivity index (χ3v) is 6.95. The Labute approximate surface area is 205 Å². The molecule has 2 aromatic rings. The number of aliphatic carboxylic acids is 1. The van der Waals surface area contributed by atoms with E-state index in [0.29, 0.717) is 13.0 Å². The van der Waals surface area contributed by atoms with Gasteiger partial charge in [-0.25, -0.2) is 9.59 Å². The number of ether oxygens (including phenoxy) is 1. The summed E-state index contributed by atoms with van der Waals surface area (Å²) in [6.07, 6.45) is 1.84. The molecule has 1 unspecified atom stereocenters. The van der Waals surface area contributed by atoms with Crippen LogP contribution in [0.2, 0.25) is 0 Å². The lowest BCUT2D eigenvalue weighted by molar-refractivity contribution is -0.142. The lowest BCUT2D eigenvalue weighted by Crippen LogP contribution is -2.45. The number of carboxylic acid groups (broad SMARTS) is 1. The van der Waals surface area contributed by atoms with Crippen molar-refractivity contribution in [3.8, 4) is 23.0 Å². The second kappa shape index (κ2) is 11.1. The fraction of sp³-hybridized carbons (Fsp3) is 0.393. The molecular weight excluding hydrogens is 444 g/mol. The number of amides is 2. The first kappa shape index (κ1) is 24.3. The van der Waals surface area contributed by atoms with E-state index in [1.165, 1.54) is 11.1 Å². The minimum absolute atomic E-state index is 0.0164. The highest BCUT2D eigenvalue weighted by Gasteiger charge is 2.35. The smallest absolute Gasteiger partial charge is 0.407 e. The number of hydrogen-bond donors (Lipinski definition) is 3. The number of carboxylic acids is 1. The van der Waals surface area contributed by atoms with Gasteiger partial charge in [0.2, 0.25) is 5.91 Å². The normalized spacial score (nSPS) is 19.0. The molecule has 1 saturated carbocycles. The molecule has 4 rings (SSSR count). The van der Waals surface area contributed by atoms with Crippen LogP contribution in [-0.2, 0) is 14.3 Å². The highest BCUT2D eigenvalue weighted by Crippen LogP contribution is 2.44. The standard InChI is InChI=1S/C28H30N2O5/c1-2-3-15-25(27(32)33)30-26(31)19-14-8-9-18(19)16-29-28(34)35-17-24-22-12-6-4-10-20(22)21-11-5-7-13-23(21)24/h4-7,10-13,18-19,24-25H,8-9,14-17H2,1H3,(H,29,34)(H,30,31)(H,32,33)/t18-,19-,25?/m0/s1. The summed E-state index contributed by atoms with van der Waals surface area (Å²) in [5.74, 6) is 3.53. The maximum absolute atomic E-state index is 12.7. The predicted octanol–water partition coefficient (Wildman–Crippen LogP) is 3.92. The second-order valence-electron chi connectivity index (χ2n) is 9.03. The molecule has 0 saturated heterocycles. The van der Waals surface area contributed by atoms with Gasteiger partial charge in [-0.15, -0.1) is 11.8 Å². The van der Waals surface area contributed by atoms with Gasteiger partial charge < -0.3 is 20.5 Å². The van der Waals surface area contributed by atoms with Crippen LogP contribution in [0.15, 0.2) is 48.5 Å². The molecule has 35 heavy (non-hydrogen) atoms. The third-order valence-electron chi connectivity index (χ3n) is 6.95. The molecule has 2 aliphatic carbocycles. The van der Waals surface area contributed by atoms with Crippen LogP contribution >= 0.6 is 0 Å². The molecule has 3 N–H and O–H groups in total. The Morgan fingerprint density at radius 3 is 2.34 bits per heavy atom. The Balaban J connectivity index is 1.30. The summed E-state index contributed by atoms with van der Waals surface area (Å²) in [4.78, 5) is 36.7. The van der Waals surface area contributed by atoms with Crippen molar-refractivity contribution in [1.29, 1.82) is 0 Å². The van der Waals surface area contributed by atoms with Crippen LogP contribution in [0.5, 0.6) is 0 Å². The fourth-order valence-electron chi connectivity index (χ4n) is 5.17. The summed E-state index contributed by atoms with van der Waals surface area (Å²) in [5, 5.41) is 14.8. The number of benzene rings is 2. The molecule has 2 aromatic carbocycles. The highest BCUT2D eigenvalue weighted by atomic mass is 16.5. The number of rotatable bonds is 8. The molecule has 1 fully saturated rings. The molecular formula is C28H30N2O5. The van der Waals surface area contributed by atoms with Gasteiger partial charge in [-0.3, -0.25) is 4.79 Å². The molecule has 0 spiro atoms. The zero-order valence-corrected chi connectivity index (χ0v) is 19.8. The van der Waals surface area contributed by atoms with Gasteiger partial charge in [0.05, 0.1) is 0 Å². The molecule has 0 radical (unpaired) electrons. The zero-order valence-electron chi connectivity index (χ0n) is 19.8. The van der Waals surface area contributed by atoms with E-state index in [-0.39, 0.29) is 36.7 Å². The largest absolute Gasteiger partial charge is 0.480 e. The van der Waals surface area contributed by atoms with E-state index in [0.717, 1.165) is 24.0 Å². The van der Waals surface area contributed by atoms with Crippen molar-refractivity contribution in [3.63, 3.8) is 0 Å². The van der Waals surface area contributed by atoms with E-state index in [9.17, 15) is 19.5 Å². The van der Waals surface area contributed by atoms with Gasteiger partial charge in [-0.1, -0.05) is 55.0 Å². The molecule has 0 aliphatic heterocycles. The van der Waals surface area contributed by atoms with E-state index in [1.54, 1.807) is 6.92 Å². The fourth-order valence-corrected chi connectivity index (χ4v) is 5.17. The van der Waals surface area contributed by atoms with Crippen LogP contribution in [0.25, 0.3) is 11.1 Å². The Morgan fingerprint density at radius 1 is 1.06 bits per heavy atom. The SMILES string of the molecule is CC#CCC(NC(=O)[C@H]1CCC[C@H]1CNC(=O)OCC1c2ccccc2-c2ccccc21)C(=O)O. The van der Waals surface area contributed by atoms with Crippen molar-refractivity contribution < 1.29 is 24.2 Å². The number of alkyl carbamates (subject to hydrolysis) is 1. The number of fused-ring (bicyclic) bond motifs is 3. The first-order chi connectivity index (χ1) is 17.0. The van der Waals surface area contributed by atoms with Crippen molar-refractivity contribution in [2.24, 2.45) is 11.8 Å². The van der Waals surface area contributed by atoms with Crippen LogP contribution in [0.3, 0.4) is 0 Å². The molecule has 0 aromatic heterocycles. The predicted molar refractivity (Wildman–Crippen MR) is 132 cm³/mol. The van der Waals surface area contributed by atoms with Gasteiger partial charge in [0.25, 0.3) is 0 Å². The third kappa shape index (κ3) is 5.48. The molecule has 2 aliphatic rings. The average Bonchev–Trinajstić information content (AvgIpc) is 3.46. The van der Waals surface area contributed by atoms with E-state index < -0.39 is 18.1 Å². The quantitative estimate of drug-likeness (QED) is 0.503. The molecule has 3 atom stereocenters. The molecule has 182 valence electrons. The van der Waals surface area contributed by atoms with Gasteiger partial charge in [0.1, 0.15) is 12.6 Å². The minimum Gasteiger partial charge on any atom is -0.480 e. The minimum atomic E-state index is -1.10. The van der Waals surface area contributed by atoms with E-state index in [2.05, 4.69) is 46.7 Å². The van der Waals surface area contributed by atoms with E-state index in [4.69, 9.17) is 4.74 Å². The van der Waals surface area contributed by atoms with Crippen LogP contribution < -0.4 is 10.6 Å². The summed E-state index contributed by atoms with van der Waals surface area (Å²) in [6, 6.07) is 15.3. The van der Waals surface area contributed by atoms with Crippen molar-refractivity contribution in [2.75, 3.05) is 13.2 Å². The molecule has 2 amide bonds. The van der Waals surface area contributed by atoms with Gasteiger partial charge in [0, 0.05) is 24.8 Å². The van der Waals surface area contributed by atoms with Crippen LogP contribution in [0.1, 0.15) is 49.7 Å². The summed E-state index contributed by atoms with van der Waals surface area (Å²) in [5.41, 5.74) is 4.63. The molecule has 7 heteroatoms. The van der Waals surface area contributed by atoms with Gasteiger partial charge in [-0.05, 0) is 47.9 Å². The Morgan fingerprint density at radius 2 is 1.71 bits per heavy atom. The number of carbonyl (C=O) groups is 3. The van der Waals surface area contributed by atoms with Crippen LogP contribution in [-0.4, -0.2) is 42.3 Å². The van der Waals surface area contributed by atoms with Crippen molar-refractivity contribution in [1.82, 2.24) is 10.6 Å². The van der Waals surface area contributed by atoms with Gasteiger partial charge in [0.15, 0.2) is 0 Å². The Bertz CT molecular complexity index is 1120. The highest BCUT2D eigenvalue weighted by molar-refractivity contribution is 5.85. The first-order valence-corrected chi connectivity index (χ1v) is 12.0. The van der Waals surface area contributed by atoms with Crippen molar-refractivity contribution in [2.45, 2.75) is 44.6 Å². The lowest BCUT2D eigenvalue weighted by Gasteiger charge is -2.22. The topological polar surface area (TPSA) is 105 Å². The van der Waals surface area contributed by atoms with Crippen LogP contribution in [0, 0.1) is 23.7 Å². The Kier molecular flexibility index (Phi) is 7.71. The molecule has 7 nitrogen and oxygen atoms in total. The maximum Gasteiger partial charge on any atom is 0.407 e. The molecule has 0 heterocycles. The average molecular weight is 475 g/mol. The number of carbonyl (C=O) groups excluding carboxylic acids is 2. The summed E-state index contributed by atoms with van der Waals surface area (Å²) < 4.78 is 5.59. The van der Waals surface area contributed by atoms with Crippen LogP contribution in [0.4, 0.5) is 4.79 Å². The zero-order chi connectivity index (χ0) is 24.8. The first-order valence-electron chi connectivity index (χ1n) is 12.0. The van der Waals surface area contributed by atoms with E-state index >= 15 is 0 Å². The van der Waals surface area contributed by atoms with Gasteiger partial charge >= 0.3 is 12.1 Å². The molecule has 0 bridgehead atoms.